The molecular formula is C20H21N3OS. The van der Waals surface area contributed by atoms with Gasteiger partial charge in [0.2, 0.25) is 5.91 Å². The topological polar surface area (TPSA) is 46.9 Å². The first-order valence-corrected chi connectivity index (χ1v) is 9.24. The molecule has 0 fully saturated rings. The molecule has 1 amide bonds. The third-order valence-corrected chi connectivity index (χ3v) is 4.75. The van der Waals surface area contributed by atoms with E-state index in [9.17, 15) is 4.79 Å². The second-order valence-corrected chi connectivity index (χ2v) is 6.99. The van der Waals surface area contributed by atoms with Crippen LogP contribution in [-0.4, -0.2) is 28.0 Å². The minimum Gasteiger partial charge on any atom is -0.355 e. The van der Waals surface area contributed by atoms with Crippen LogP contribution in [-0.2, 0) is 11.2 Å². The van der Waals surface area contributed by atoms with Crippen molar-refractivity contribution in [2.75, 3.05) is 12.3 Å². The fourth-order valence-corrected chi connectivity index (χ4v) is 3.18. The van der Waals surface area contributed by atoms with E-state index in [4.69, 9.17) is 0 Å². The van der Waals surface area contributed by atoms with E-state index in [1.807, 2.05) is 36.5 Å². The molecule has 5 heteroatoms. The molecule has 0 atom stereocenters. The molecule has 0 aliphatic heterocycles. The van der Waals surface area contributed by atoms with Crippen LogP contribution in [0.2, 0.25) is 0 Å². The molecule has 0 saturated carbocycles. The van der Waals surface area contributed by atoms with Crippen molar-refractivity contribution >= 4 is 17.7 Å². The maximum atomic E-state index is 12.1. The van der Waals surface area contributed by atoms with E-state index in [2.05, 4.69) is 41.6 Å². The molecule has 2 aromatic carbocycles. The maximum Gasteiger partial charge on any atom is 0.224 e. The number of nitrogens with zero attached hydrogens (tertiary/aromatic N) is 2. The predicted molar refractivity (Wildman–Crippen MR) is 102 cm³/mol. The van der Waals surface area contributed by atoms with E-state index in [0.717, 1.165) is 17.0 Å². The number of carbonyl (C=O) groups excluding carboxylic acids is 1. The Labute approximate surface area is 152 Å². The zero-order valence-corrected chi connectivity index (χ0v) is 15.0. The number of hydrogen-bond acceptors (Lipinski definition) is 3. The Balaban J connectivity index is 1.42. The first-order chi connectivity index (χ1) is 12.2. The summed E-state index contributed by atoms with van der Waals surface area (Å²) in [6, 6.07) is 18.3. The summed E-state index contributed by atoms with van der Waals surface area (Å²) in [6.45, 7) is 2.73. The van der Waals surface area contributed by atoms with Crippen LogP contribution in [0, 0.1) is 6.92 Å². The highest BCUT2D eigenvalue weighted by atomic mass is 32.2. The van der Waals surface area contributed by atoms with Gasteiger partial charge in [-0.15, -0.1) is 11.8 Å². The fourth-order valence-electron chi connectivity index (χ4n) is 2.42. The Morgan fingerprint density at radius 3 is 2.64 bits per heavy atom. The second-order valence-electron chi connectivity index (χ2n) is 5.82. The van der Waals surface area contributed by atoms with Gasteiger partial charge in [-0.05, 0) is 36.8 Å². The zero-order chi connectivity index (χ0) is 17.5. The maximum absolute atomic E-state index is 12.1. The first kappa shape index (κ1) is 17.3. The van der Waals surface area contributed by atoms with Crippen molar-refractivity contribution in [3.63, 3.8) is 0 Å². The van der Waals surface area contributed by atoms with Crippen molar-refractivity contribution in [1.82, 2.24) is 15.1 Å². The van der Waals surface area contributed by atoms with Gasteiger partial charge in [-0.1, -0.05) is 35.9 Å². The SMILES string of the molecule is Cc1ccc(SCCNC(=O)Cc2cnn(-c3ccccc3)c2)cc1. The van der Waals surface area contributed by atoms with Gasteiger partial charge in [-0.2, -0.15) is 5.10 Å². The quantitative estimate of drug-likeness (QED) is 0.522. The van der Waals surface area contributed by atoms with Crippen LogP contribution in [0.3, 0.4) is 0 Å². The fraction of sp³-hybridized carbons (Fsp3) is 0.200. The van der Waals surface area contributed by atoms with Crippen LogP contribution in [0.1, 0.15) is 11.1 Å². The molecule has 0 bridgehead atoms. The summed E-state index contributed by atoms with van der Waals surface area (Å²) in [5, 5.41) is 7.28. The Bertz CT molecular complexity index is 812. The molecule has 3 rings (SSSR count). The van der Waals surface area contributed by atoms with Crippen LogP contribution in [0.25, 0.3) is 5.69 Å². The average molecular weight is 351 g/mol. The number of aromatic nitrogens is 2. The number of rotatable bonds is 7. The Kier molecular flexibility index (Phi) is 5.90. The van der Waals surface area contributed by atoms with Crippen LogP contribution in [0.5, 0.6) is 0 Å². The molecule has 3 aromatic rings. The van der Waals surface area contributed by atoms with Gasteiger partial charge in [0.1, 0.15) is 0 Å². The third-order valence-electron chi connectivity index (χ3n) is 3.74. The third kappa shape index (κ3) is 5.22. The highest BCUT2D eigenvalue weighted by molar-refractivity contribution is 7.99. The van der Waals surface area contributed by atoms with E-state index in [1.54, 1.807) is 22.6 Å². The van der Waals surface area contributed by atoms with Gasteiger partial charge < -0.3 is 5.32 Å². The molecule has 0 aliphatic rings. The Morgan fingerprint density at radius 2 is 1.88 bits per heavy atom. The highest BCUT2D eigenvalue weighted by Crippen LogP contribution is 2.17. The molecule has 0 saturated heterocycles. The lowest BCUT2D eigenvalue weighted by Gasteiger charge is -2.05. The van der Waals surface area contributed by atoms with Gasteiger partial charge in [0.25, 0.3) is 0 Å². The molecule has 4 nitrogen and oxygen atoms in total. The Morgan fingerprint density at radius 1 is 1.12 bits per heavy atom. The van der Waals surface area contributed by atoms with E-state index in [0.29, 0.717) is 13.0 Å². The normalized spacial score (nSPS) is 10.6. The van der Waals surface area contributed by atoms with Gasteiger partial charge in [0.05, 0.1) is 18.3 Å². The standard InChI is InChI=1S/C20H21N3OS/c1-16-7-9-19(10-8-16)25-12-11-21-20(24)13-17-14-22-23(15-17)18-5-3-2-4-6-18/h2-10,14-15H,11-13H2,1H3,(H,21,24). The van der Waals surface area contributed by atoms with Crippen molar-refractivity contribution in [3.8, 4) is 5.69 Å². The Hall–Kier alpha value is -2.53. The highest BCUT2D eigenvalue weighted by Gasteiger charge is 2.06. The molecule has 0 spiro atoms. The van der Waals surface area contributed by atoms with Crippen molar-refractivity contribution in [1.29, 1.82) is 0 Å². The van der Waals surface area contributed by atoms with E-state index >= 15 is 0 Å². The zero-order valence-electron chi connectivity index (χ0n) is 14.2. The summed E-state index contributed by atoms with van der Waals surface area (Å²) in [4.78, 5) is 13.3. The van der Waals surface area contributed by atoms with Gasteiger partial charge in [-0.25, -0.2) is 4.68 Å². The predicted octanol–water partition coefficient (Wildman–Crippen LogP) is 3.63. The number of hydrogen-bond donors (Lipinski definition) is 1. The van der Waals surface area contributed by atoms with Crippen molar-refractivity contribution in [2.45, 2.75) is 18.2 Å². The van der Waals surface area contributed by atoms with Gasteiger partial charge in [0.15, 0.2) is 0 Å². The second kappa shape index (κ2) is 8.53. The number of carbonyl (C=O) groups is 1. The number of benzene rings is 2. The van der Waals surface area contributed by atoms with Crippen LogP contribution >= 0.6 is 11.8 Å². The smallest absolute Gasteiger partial charge is 0.224 e. The number of amides is 1. The number of aryl methyl sites for hydroxylation is 1. The number of thioether (sulfide) groups is 1. The van der Waals surface area contributed by atoms with Gasteiger partial charge in [0, 0.05) is 23.4 Å². The minimum absolute atomic E-state index is 0.0251. The molecule has 1 heterocycles. The van der Waals surface area contributed by atoms with Crippen LogP contribution in [0.4, 0.5) is 0 Å². The van der Waals surface area contributed by atoms with E-state index in [-0.39, 0.29) is 5.91 Å². The summed E-state index contributed by atoms with van der Waals surface area (Å²) < 4.78 is 1.79. The molecule has 0 unspecified atom stereocenters. The van der Waals surface area contributed by atoms with Crippen LogP contribution in [0.15, 0.2) is 71.9 Å². The summed E-state index contributed by atoms with van der Waals surface area (Å²) in [5.74, 6) is 0.884. The lowest BCUT2D eigenvalue weighted by Crippen LogP contribution is -2.27. The van der Waals surface area contributed by atoms with E-state index in [1.165, 1.54) is 10.5 Å². The largest absolute Gasteiger partial charge is 0.355 e. The molecule has 128 valence electrons. The molecule has 25 heavy (non-hydrogen) atoms. The summed E-state index contributed by atoms with van der Waals surface area (Å²) in [7, 11) is 0. The van der Waals surface area contributed by atoms with Crippen LogP contribution < -0.4 is 5.32 Å². The molecule has 1 N–H and O–H groups in total. The monoisotopic (exact) mass is 351 g/mol. The lowest BCUT2D eigenvalue weighted by molar-refractivity contribution is -0.120. The molecule has 1 aromatic heterocycles. The summed E-state index contributed by atoms with van der Waals surface area (Å²) in [5.41, 5.74) is 3.16. The number of para-hydroxylation sites is 1. The summed E-state index contributed by atoms with van der Waals surface area (Å²) >= 11 is 1.75. The molecular weight excluding hydrogens is 330 g/mol. The molecule has 0 radical (unpaired) electrons. The summed E-state index contributed by atoms with van der Waals surface area (Å²) in [6.07, 6.45) is 3.99. The van der Waals surface area contributed by atoms with Crippen molar-refractivity contribution < 1.29 is 4.79 Å². The minimum atomic E-state index is 0.0251. The molecule has 0 aliphatic carbocycles. The van der Waals surface area contributed by atoms with Gasteiger partial charge in [-0.3, -0.25) is 4.79 Å². The van der Waals surface area contributed by atoms with Crippen molar-refractivity contribution in [2.24, 2.45) is 0 Å². The van der Waals surface area contributed by atoms with Gasteiger partial charge >= 0.3 is 0 Å². The van der Waals surface area contributed by atoms with E-state index < -0.39 is 0 Å². The number of nitrogens with one attached hydrogen (secondary N) is 1. The lowest BCUT2D eigenvalue weighted by atomic mass is 10.2. The van der Waals surface area contributed by atoms with Crippen molar-refractivity contribution in [3.05, 3.63) is 78.1 Å². The first-order valence-electron chi connectivity index (χ1n) is 8.26. The average Bonchev–Trinajstić information content (AvgIpc) is 3.09.